The third-order valence-corrected chi connectivity index (χ3v) is 3.98. The summed E-state index contributed by atoms with van der Waals surface area (Å²) in [5.41, 5.74) is 1.68. The van der Waals surface area contributed by atoms with Crippen molar-refractivity contribution >= 4 is 29.0 Å². The first-order valence-electron chi connectivity index (χ1n) is 8.49. The zero-order valence-electron chi connectivity index (χ0n) is 15.2. The van der Waals surface area contributed by atoms with E-state index in [0.29, 0.717) is 29.7 Å². The molecule has 0 bridgehead atoms. The van der Waals surface area contributed by atoms with Gasteiger partial charge in [0.1, 0.15) is 29.5 Å². The van der Waals surface area contributed by atoms with Crippen LogP contribution in [0, 0.1) is 0 Å². The van der Waals surface area contributed by atoms with Crippen LogP contribution in [0.5, 0.6) is 17.4 Å². The summed E-state index contributed by atoms with van der Waals surface area (Å²) in [6.45, 7) is 0.598. The summed E-state index contributed by atoms with van der Waals surface area (Å²) in [6, 6.07) is 16.4. The maximum atomic E-state index is 11.4. The molecule has 2 N–H and O–H groups in total. The van der Waals surface area contributed by atoms with Gasteiger partial charge in [-0.3, -0.25) is 4.79 Å². The van der Waals surface area contributed by atoms with Gasteiger partial charge in [0, 0.05) is 24.4 Å². The fourth-order valence-electron chi connectivity index (χ4n) is 2.38. The SMILES string of the molecule is COc1ccc(CNc2cc(Oc3cccc(NC(=O)CCl)c3)ncn2)cc1. The number of halogens is 1. The van der Waals surface area contributed by atoms with Crippen molar-refractivity contribution in [3.63, 3.8) is 0 Å². The van der Waals surface area contributed by atoms with Gasteiger partial charge in [-0.25, -0.2) is 9.97 Å². The predicted octanol–water partition coefficient (Wildman–Crippen LogP) is 4.07. The number of hydrogen-bond donors (Lipinski definition) is 2. The minimum absolute atomic E-state index is 0.111. The van der Waals surface area contributed by atoms with Gasteiger partial charge in [-0.1, -0.05) is 18.2 Å². The molecule has 0 spiro atoms. The average molecular weight is 399 g/mol. The van der Waals surface area contributed by atoms with Crippen molar-refractivity contribution in [2.45, 2.75) is 6.54 Å². The van der Waals surface area contributed by atoms with E-state index in [9.17, 15) is 4.79 Å². The Balaban J connectivity index is 1.63. The van der Waals surface area contributed by atoms with Crippen LogP contribution in [0.4, 0.5) is 11.5 Å². The molecule has 0 radical (unpaired) electrons. The molecule has 2 aromatic carbocycles. The summed E-state index contributed by atoms with van der Waals surface area (Å²) in [5.74, 6) is 1.96. The van der Waals surface area contributed by atoms with Crippen LogP contribution in [-0.2, 0) is 11.3 Å². The average Bonchev–Trinajstić information content (AvgIpc) is 2.73. The number of alkyl halides is 1. The Morgan fingerprint density at radius 3 is 2.64 bits per heavy atom. The molecule has 28 heavy (non-hydrogen) atoms. The van der Waals surface area contributed by atoms with Crippen LogP contribution in [0.15, 0.2) is 60.9 Å². The lowest BCUT2D eigenvalue weighted by Crippen LogP contribution is -2.12. The number of methoxy groups -OCH3 is 1. The lowest BCUT2D eigenvalue weighted by molar-refractivity contribution is -0.113. The number of nitrogens with zero attached hydrogens (tertiary/aromatic N) is 2. The molecular weight excluding hydrogens is 380 g/mol. The summed E-state index contributed by atoms with van der Waals surface area (Å²) in [6.07, 6.45) is 1.42. The number of carbonyl (C=O) groups excluding carboxylic acids is 1. The third kappa shape index (κ3) is 5.59. The first kappa shape index (κ1) is 19.4. The van der Waals surface area contributed by atoms with E-state index < -0.39 is 0 Å². The largest absolute Gasteiger partial charge is 0.497 e. The topological polar surface area (TPSA) is 85.4 Å². The molecule has 0 fully saturated rings. The van der Waals surface area contributed by atoms with Crippen LogP contribution in [0.1, 0.15) is 5.56 Å². The zero-order valence-corrected chi connectivity index (χ0v) is 15.9. The van der Waals surface area contributed by atoms with Crippen molar-refractivity contribution in [3.05, 3.63) is 66.5 Å². The summed E-state index contributed by atoms with van der Waals surface area (Å²) >= 11 is 5.50. The molecule has 0 atom stereocenters. The third-order valence-electron chi connectivity index (χ3n) is 3.74. The highest BCUT2D eigenvalue weighted by atomic mass is 35.5. The van der Waals surface area contributed by atoms with Gasteiger partial charge in [0.15, 0.2) is 0 Å². The molecule has 8 heteroatoms. The van der Waals surface area contributed by atoms with E-state index >= 15 is 0 Å². The maximum Gasteiger partial charge on any atom is 0.239 e. The van der Waals surface area contributed by atoms with E-state index in [4.69, 9.17) is 21.1 Å². The number of benzene rings is 2. The van der Waals surface area contributed by atoms with Crippen molar-refractivity contribution < 1.29 is 14.3 Å². The summed E-state index contributed by atoms with van der Waals surface area (Å²) in [4.78, 5) is 19.7. The van der Waals surface area contributed by atoms with Crippen molar-refractivity contribution in [3.8, 4) is 17.4 Å². The Labute approximate surface area is 167 Å². The monoisotopic (exact) mass is 398 g/mol. The van der Waals surface area contributed by atoms with Gasteiger partial charge in [-0.05, 0) is 29.8 Å². The van der Waals surface area contributed by atoms with Crippen LogP contribution in [0.2, 0.25) is 0 Å². The van der Waals surface area contributed by atoms with Crippen molar-refractivity contribution in [2.75, 3.05) is 23.6 Å². The second-order valence-electron chi connectivity index (χ2n) is 5.75. The number of nitrogens with one attached hydrogen (secondary N) is 2. The van der Waals surface area contributed by atoms with Crippen molar-refractivity contribution in [2.24, 2.45) is 0 Å². The highest BCUT2D eigenvalue weighted by molar-refractivity contribution is 6.29. The van der Waals surface area contributed by atoms with Gasteiger partial charge in [0.25, 0.3) is 0 Å². The summed E-state index contributed by atoms with van der Waals surface area (Å²) in [5, 5.41) is 5.90. The van der Waals surface area contributed by atoms with Gasteiger partial charge in [-0.2, -0.15) is 0 Å². The Kier molecular flexibility index (Phi) is 6.64. The van der Waals surface area contributed by atoms with Crippen LogP contribution in [-0.4, -0.2) is 28.9 Å². The lowest BCUT2D eigenvalue weighted by Gasteiger charge is -2.10. The molecular formula is C20H19ClN4O3. The number of anilines is 2. The molecule has 0 unspecified atom stereocenters. The lowest BCUT2D eigenvalue weighted by atomic mass is 10.2. The molecule has 1 heterocycles. The van der Waals surface area contributed by atoms with E-state index in [0.717, 1.165) is 11.3 Å². The number of carbonyl (C=O) groups is 1. The maximum absolute atomic E-state index is 11.4. The van der Waals surface area contributed by atoms with Gasteiger partial charge in [0.05, 0.1) is 7.11 Å². The molecule has 1 aromatic heterocycles. The molecule has 144 valence electrons. The predicted molar refractivity (Wildman–Crippen MR) is 108 cm³/mol. The quantitative estimate of drug-likeness (QED) is 0.556. The van der Waals surface area contributed by atoms with E-state index in [1.807, 2.05) is 24.3 Å². The summed E-state index contributed by atoms with van der Waals surface area (Å²) in [7, 11) is 1.64. The number of amides is 1. The normalized spacial score (nSPS) is 10.2. The first-order valence-corrected chi connectivity index (χ1v) is 9.02. The van der Waals surface area contributed by atoms with Gasteiger partial charge in [0.2, 0.25) is 11.8 Å². The van der Waals surface area contributed by atoms with Crippen LogP contribution in [0.25, 0.3) is 0 Å². The Bertz CT molecular complexity index is 935. The number of hydrogen-bond acceptors (Lipinski definition) is 6. The first-order chi connectivity index (χ1) is 13.7. The van der Waals surface area contributed by atoms with Gasteiger partial charge >= 0.3 is 0 Å². The van der Waals surface area contributed by atoms with Gasteiger partial charge < -0.3 is 20.1 Å². The van der Waals surface area contributed by atoms with Gasteiger partial charge in [-0.15, -0.1) is 11.6 Å². The minimum Gasteiger partial charge on any atom is -0.497 e. The van der Waals surface area contributed by atoms with Crippen LogP contribution >= 0.6 is 11.6 Å². The smallest absolute Gasteiger partial charge is 0.239 e. The fourth-order valence-corrected chi connectivity index (χ4v) is 2.45. The minimum atomic E-state index is -0.286. The summed E-state index contributed by atoms with van der Waals surface area (Å²) < 4.78 is 10.9. The molecule has 3 rings (SSSR count). The number of rotatable bonds is 8. The second-order valence-corrected chi connectivity index (χ2v) is 6.02. The molecule has 1 amide bonds. The fraction of sp³-hybridized carbons (Fsp3) is 0.150. The Morgan fingerprint density at radius 1 is 1.07 bits per heavy atom. The van der Waals surface area contributed by atoms with E-state index in [1.54, 1.807) is 37.4 Å². The van der Waals surface area contributed by atoms with E-state index in [-0.39, 0.29) is 11.8 Å². The molecule has 0 aliphatic heterocycles. The standard InChI is InChI=1S/C20H19ClN4O3/c1-27-16-7-5-14(6-8-16)12-22-18-10-20(24-13-23-18)28-17-4-2-3-15(9-17)25-19(26)11-21/h2-10,13H,11-12H2,1H3,(H,25,26)(H,22,23,24). The molecule has 7 nitrogen and oxygen atoms in total. The molecule has 0 saturated heterocycles. The molecule has 0 aliphatic rings. The van der Waals surface area contributed by atoms with E-state index in [1.165, 1.54) is 6.33 Å². The number of ether oxygens (including phenoxy) is 2. The van der Waals surface area contributed by atoms with Crippen molar-refractivity contribution in [1.29, 1.82) is 0 Å². The highest BCUT2D eigenvalue weighted by Crippen LogP contribution is 2.24. The molecule has 0 aliphatic carbocycles. The molecule has 0 saturated carbocycles. The number of aromatic nitrogens is 2. The van der Waals surface area contributed by atoms with Crippen LogP contribution in [0.3, 0.4) is 0 Å². The van der Waals surface area contributed by atoms with Crippen LogP contribution < -0.4 is 20.1 Å². The zero-order chi connectivity index (χ0) is 19.8. The Hall–Kier alpha value is -3.32. The Morgan fingerprint density at radius 2 is 1.89 bits per heavy atom. The van der Waals surface area contributed by atoms with E-state index in [2.05, 4.69) is 20.6 Å². The van der Waals surface area contributed by atoms with Crippen molar-refractivity contribution in [1.82, 2.24) is 9.97 Å². The highest BCUT2D eigenvalue weighted by Gasteiger charge is 2.05. The molecule has 3 aromatic rings. The second kappa shape index (κ2) is 9.57.